The molecule has 0 spiro atoms. The number of benzene rings is 2. The van der Waals surface area contributed by atoms with Gasteiger partial charge in [0.25, 0.3) is 5.91 Å². The second-order valence-electron chi connectivity index (χ2n) is 6.51. The van der Waals surface area contributed by atoms with Crippen molar-refractivity contribution in [2.24, 2.45) is 0 Å². The van der Waals surface area contributed by atoms with Crippen LogP contribution in [0.4, 0.5) is 5.69 Å². The third-order valence-corrected chi connectivity index (χ3v) is 5.87. The largest absolute Gasteiger partial charge is 0.320 e. The van der Waals surface area contributed by atoms with Gasteiger partial charge in [-0.3, -0.25) is 4.79 Å². The molecule has 31 heavy (non-hydrogen) atoms. The first-order valence-electron chi connectivity index (χ1n) is 9.19. The Kier molecular flexibility index (Phi) is 6.50. The molecule has 2 aromatic carbocycles. The van der Waals surface area contributed by atoms with Gasteiger partial charge < -0.3 is 5.32 Å². The van der Waals surface area contributed by atoms with E-state index in [0.717, 1.165) is 5.56 Å². The molecule has 0 saturated carbocycles. The van der Waals surface area contributed by atoms with E-state index in [2.05, 4.69) is 25.6 Å². The second-order valence-corrected chi connectivity index (χ2v) is 8.30. The number of hydrogen-bond donors (Lipinski definition) is 1. The molecule has 2 heterocycles. The molecule has 4 rings (SSSR count). The fourth-order valence-corrected chi connectivity index (χ4v) is 3.94. The average Bonchev–Trinajstić information content (AvgIpc) is 3.19. The van der Waals surface area contributed by atoms with E-state index in [9.17, 15) is 4.79 Å². The number of amides is 1. The summed E-state index contributed by atoms with van der Waals surface area (Å²) in [6.07, 6.45) is 3.33. The van der Waals surface area contributed by atoms with Gasteiger partial charge in [0.1, 0.15) is 0 Å². The third-order valence-electron chi connectivity index (χ3n) is 4.34. The van der Waals surface area contributed by atoms with Crippen LogP contribution < -0.4 is 5.32 Å². The molecule has 1 amide bonds. The van der Waals surface area contributed by atoms with Gasteiger partial charge in [-0.25, -0.2) is 14.6 Å². The lowest BCUT2D eigenvalue weighted by molar-refractivity contribution is 0.102. The summed E-state index contributed by atoms with van der Waals surface area (Å²) in [6.45, 7) is 1.92. The summed E-state index contributed by atoms with van der Waals surface area (Å²) < 4.78 is 1.61. The molecule has 0 aliphatic carbocycles. The summed E-state index contributed by atoms with van der Waals surface area (Å²) in [4.78, 5) is 21.4. The molecule has 0 bridgehead atoms. The number of carbonyl (C=O) groups excluding carboxylic acids is 1. The first kappa shape index (κ1) is 21.3. The van der Waals surface area contributed by atoms with Gasteiger partial charge in [0.15, 0.2) is 10.9 Å². The summed E-state index contributed by atoms with van der Waals surface area (Å²) in [6, 6.07) is 14.2. The quantitative estimate of drug-likeness (QED) is 0.307. The first-order valence-corrected chi connectivity index (χ1v) is 10.9. The van der Waals surface area contributed by atoms with E-state index in [0.29, 0.717) is 38.0 Å². The molecule has 0 radical (unpaired) electrons. The number of carbonyl (C=O) groups is 1. The fourth-order valence-electron chi connectivity index (χ4n) is 2.78. The van der Waals surface area contributed by atoms with Crippen LogP contribution in [-0.4, -0.2) is 30.9 Å². The van der Waals surface area contributed by atoms with Gasteiger partial charge >= 0.3 is 0 Å². The van der Waals surface area contributed by atoms with Crippen LogP contribution in [0.5, 0.6) is 0 Å². The van der Waals surface area contributed by atoms with Gasteiger partial charge in [0, 0.05) is 33.9 Å². The van der Waals surface area contributed by atoms with Crippen molar-refractivity contribution in [3.8, 4) is 5.69 Å². The normalized spacial score (nSPS) is 10.8. The highest BCUT2D eigenvalue weighted by molar-refractivity contribution is 7.98. The molecule has 7 nitrogen and oxygen atoms in total. The van der Waals surface area contributed by atoms with Crippen LogP contribution in [0.2, 0.25) is 10.0 Å². The zero-order valence-electron chi connectivity index (χ0n) is 16.3. The highest BCUT2D eigenvalue weighted by atomic mass is 35.5. The van der Waals surface area contributed by atoms with Gasteiger partial charge in [-0.1, -0.05) is 52.3 Å². The lowest BCUT2D eigenvalue weighted by Crippen LogP contribution is -2.15. The maximum Gasteiger partial charge on any atom is 0.278 e. The van der Waals surface area contributed by atoms with Crippen molar-refractivity contribution in [3.05, 3.63) is 87.9 Å². The Morgan fingerprint density at radius 1 is 1.10 bits per heavy atom. The van der Waals surface area contributed by atoms with E-state index in [1.165, 1.54) is 11.8 Å². The van der Waals surface area contributed by atoms with Crippen molar-refractivity contribution in [2.45, 2.75) is 17.8 Å². The van der Waals surface area contributed by atoms with Crippen LogP contribution in [0.1, 0.15) is 21.7 Å². The molecule has 0 aliphatic rings. The number of halogens is 2. The van der Waals surface area contributed by atoms with Crippen molar-refractivity contribution in [3.63, 3.8) is 0 Å². The number of nitrogens with one attached hydrogen (secondary N) is 1. The molecule has 1 N–H and O–H groups in total. The van der Waals surface area contributed by atoms with E-state index < -0.39 is 5.91 Å². The topological polar surface area (TPSA) is 85.6 Å². The van der Waals surface area contributed by atoms with Gasteiger partial charge in [0.05, 0.1) is 11.4 Å². The smallest absolute Gasteiger partial charge is 0.278 e. The number of anilines is 1. The number of nitrogens with zero attached hydrogens (tertiary/aromatic N) is 5. The molecule has 10 heteroatoms. The number of thioether (sulfide) groups is 1. The Balaban J connectivity index is 1.69. The number of aromatic nitrogens is 5. The lowest BCUT2D eigenvalue weighted by atomic mass is 10.2. The molecule has 0 aliphatic heterocycles. The molecular formula is C21H16Cl2N6OS. The van der Waals surface area contributed by atoms with Crippen LogP contribution in [0.15, 0.2) is 66.1 Å². The minimum absolute atomic E-state index is 0.195. The van der Waals surface area contributed by atoms with E-state index in [-0.39, 0.29) is 5.69 Å². The number of aryl methyl sites for hydroxylation is 1. The summed E-state index contributed by atoms with van der Waals surface area (Å²) in [5.74, 6) is -0.0165. The maximum atomic E-state index is 13.0. The van der Waals surface area contributed by atoms with Crippen LogP contribution in [0, 0.1) is 6.92 Å². The summed E-state index contributed by atoms with van der Waals surface area (Å²) in [5.41, 5.74) is 3.00. The van der Waals surface area contributed by atoms with Crippen LogP contribution in [0.25, 0.3) is 5.69 Å². The molecular weight excluding hydrogens is 455 g/mol. The Labute approximate surface area is 192 Å². The molecule has 0 unspecified atom stereocenters. The lowest BCUT2D eigenvalue weighted by Gasteiger charge is -2.09. The predicted octanol–water partition coefficient (Wildman–Crippen LogP) is 5.22. The Morgan fingerprint density at radius 2 is 1.90 bits per heavy atom. The summed E-state index contributed by atoms with van der Waals surface area (Å²) >= 11 is 13.7. The van der Waals surface area contributed by atoms with Gasteiger partial charge in [-0.2, -0.15) is 0 Å². The van der Waals surface area contributed by atoms with E-state index in [1.807, 2.05) is 19.1 Å². The molecule has 0 fully saturated rings. The first-order chi connectivity index (χ1) is 15.0. The average molecular weight is 471 g/mol. The standard InChI is InChI=1S/C21H16Cl2N6OS/c1-13-6-7-16(11-17(13)23)29-18(12-31-21-24-8-3-9-25-21)19(27-28-29)20(30)26-15-5-2-4-14(22)10-15/h2-11H,12H2,1H3,(H,26,30). The zero-order chi connectivity index (χ0) is 21.8. The van der Waals surface area contributed by atoms with E-state index >= 15 is 0 Å². The number of hydrogen-bond acceptors (Lipinski definition) is 6. The Bertz CT molecular complexity index is 1230. The molecule has 4 aromatic rings. The van der Waals surface area contributed by atoms with Crippen LogP contribution >= 0.6 is 35.0 Å². The van der Waals surface area contributed by atoms with Crippen LogP contribution in [-0.2, 0) is 5.75 Å². The van der Waals surface area contributed by atoms with Crippen molar-refractivity contribution in [1.29, 1.82) is 0 Å². The molecule has 2 aromatic heterocycles. The van der Waals surface area contributed by atoms with Crippen molar-refractivity contribution in [1.82, 2.24) is 25.0 Å². The summed E-state index contributed by atoms with van der Waals surface area (Å²) in [5, 5.41) is 12.9. The predicted molar refractivity (Wildman–Crippen MR) is 122 cm³/mol. The minimum Gasteiger partial charge on any atom is -0.320 e. The van der Waals surface area contributed by atoms with Gasteiger partial charge in [-0.15, -0.1) is 5.10 Å². The highest BCUT2D eigenvalue weighted by Gasteiger charge is 2.22. The highest BCUT2D eigenvalue weighted by Crippen LogP contribution is 2.26. The van der Waals surface area contributed by atoms with Gasteiger partial charge in [-0.05, 0) is 48.9 Å². The van der Waals surface area contributed by atoms with Crippen LogP contribution in [0.3, 0.4) is 0 Å². The van der Waals surface area contributed by atoms with Crippen molar-refractivity contribution < 1.29 is 4.79 Å². The minimum atomic E-state index is -0.392. The van der Waals surface area contributed by atoms with Gasteiger partial charge in [0.2, 0.25) is 0 Å². The zero-order valence-corrected chi connectivity index (χ0v) is 18.6. The molecule has 0 saturated heterocycles. The second kappa shape index (κ2) is 9.47. The van der Waals surface area contributed by atoms with E-state index in [1.54, 1.807) is 53.5 Å². The van der Waals surface area contributed by atoms with E-state index in [4.69, 9.17) is 23.2 Å². The molecule has 156 valence electrons. The van der Waals surface area contributed by atoms with Crippen molar-refractivity contribution in [2.75, 3.05) is 5.32 Å². The Morgan fingerprint density at radius 3 is 2.65 bits per heavy atom. The SMILES string of the molecule is Cc1ccc(-n2nnc(C(=O)Nc3cccc(Cl)c3)c2CSc2ncccn2)cc1Cl. The Hall–Kier alpha value is -2.94. The monoisotopic (exact) mass is 470 g/mol. The third kappa shape index (κ3) is 5.04. The number of rotatable bonds is 6. The van der Waals surface area contributed by atoms with Crippen molar-refractivity contribution >= 4 is 46.6 Å². The fraction of sp³-hybridized carbons (Fsp3) is 0.0952. The summed E-state index contributed by atoms with van der Waals surface area (Å²) in [7, 11) is 0. The maximum absolute atomic E-state index is 13.0. The molecule has 0 atom stereocenters.